The van der Waals surface area contributed by atoms with Crippen molar-refractivity contribution >= 4 is 17.9 Å². The van der Waals surface area contributed by atoms with Gasteiger partial charge in [-0.2, -0.15) is 0 Å². The van der Waals surface area contributed by atoms with Crippen molar-refractivity contribution in [2.75, 3.05) is 39.3 Å². The molecule has 7 nitrogen and oxygen atoms in total. The van der Waals surface area contributed by atoms with Gasteiger partial charge < -0.3 is 14.5 Å². The molecule has 0 bridgehead atoms. The molecule has 0 N–H and O–H groups in total. The van der Waals surface area contributed by atoms with Crippen molar-refractivity contribution in [1.29, 1.82) is 0 Å². The lowest BCUT2D eigenvalue weighted by Gasteiger charge is -2.35. The number of rotatable bonds is 6. The normalized spacial score (nSPS) is 20.4. The summed E-state index contributed by atoms with van der Waals surface area (Å²) >= 11 is 0. The Labute approximate surface area is 159 Å². The van der Waals surface area contributed by atoms with Gasteiger partial charge in [-0.15, -0.1) is 0 Å². The molecule has 7 heteroatoms. The van der Waals surface area contributed by atoms with E-state index in [4.69, 9.17) is 4.74 Å². The van der Waals surface area contributed by atoms with Gasteiger partial charge in [0.2, 0.25) is 11.8 Å². The second-order valence-electron chi connectivity index (χ2n) is 7.45. The smallest absolute Gasteiger partial charge is 0.410 e. The Morgan fingerprint density at radius 1 is 1.19 bits per heavy atom. The van der Waals surface area contributed by atoms with Gasteiger partial charge in [0, 0.05) is 19.6 Å². The number of benzene rings is 1. The van der Waals surface area contributed by atoms with E-state index in [1.54, 1.807) is 9.80 Å². The van der Waals surface area contributed by atoms with E-state index < -0.39 is 6.09 Å². The molecule has 0 spiro atoms. The first-order chi connectivity index (χ1) is 13.0. The molecule has 2 saturated heterocycles. The lowest BCUT2D eigenvalue weighted by Crippen LogP contribution is -2.55. The van der Waals surface area contributed by atoms with Gasteiger partial charge in [0.1, 0.15) is 13.2 Å². The molecular weight excluding hydrogens is 346 g/mol. The summed E-state index contributed by atoms with van der Waals surface area (Å²) in [4.78, 5) is 41.8. The summed E-state index contributed by atoms with van der Waals surface area (Å²) in [6.07, 6.45) is 0.353. The number of amides is 3. The maximum atomic E-state index is 12.6. The SMILES string of the molecule is CC(C)[C@H]1COC(=O)N1CC(=O)N1CCN(CCc2ccccc2)C(=O)C1. The summed E-state index contributed by atoms with van der Waals surface area (Å²) < 4.78 is 5.08. The molecule has 2 heterocycles. The van der Waals surface area contributed by atoms with Crippen molar-refractivity contribution < 1.29 is 19.1 Å². The molecule has 3 amide bonds. The first-order valence-electron chi connectivity index (χ1n) is 9.48. The lowest BCUT2D eigenvalue weighted by molar-refractivity contribution is -0.145. The quantitative estimate of drug-likeness (QED) is 0.755. The predicted octanol–water partition coefficient (Wildman–Crippen LogP) is 1.38. The Balaban J connectivity index is 1.50. The number of nitrogens with zero attached hydrogens (tertiary/aromatic N) is 3. The highest BCUT2D eigenvalue weighted by molar-refractivity contribution is 5.88. The topological polar surface area (TPSA) is 70.2 Å². The fourth-order valence-electron chi connectivity index (χ4n) is 3.51. The molecule has 0 saturated carbocycles. The molecule has 1 aromatic carbocycles. The molecule has 0 radical (unpaired) electrons. The number of piperazine rings is 1. The van der Waals surface area contributed by atoms with Gasteiger partial charge in [-0.05, 0) is 17.9 Å². The molecule has 2 fully saturated rings. The summed E-state index contributed by atoms with van der Waals surface area (Å²) in [6.45, 7) is 6.03. The van der Waals surface area contributed by atoms with Crippen LogP contribution in [-0.2, 0) is 20.7 Å². The Bertz CT molecular complexity index is 692. The average Bonchev–Trinajstić information content (AvgIpc) is 3.02. The molecule has 2 aliphatic rings. The summed E-state index contributed by atoms with van der Waals surface area (Å²) in [5.41, 5.74) is 1.19. The van der Waals surface area contributed by atoms with Gasteiger partial charge >= 0.3 is 6.09 Å². The molecule has 3 rings (SSSR count). The number of carbonyl (C=O) groups is 3. The molecule has 2 aliphatic heterocycles. The molecule has 146 valence electrons. The van der Waals surface area contributed by atoms with E-state index >= 15 is 0 Å². The van der Waals surface area contributed by atoms with Crippen LogP contribution in [0.2, 0.25) is 0 Å². The summed E-state index contributed by atoms with van der Waals surface area (Å²) in [7, 11) is 0. The van der Waals surface area contributed by atoms with Crippen molar-refractivity contribution in [3.8, 4) is 0 Å². The third kappa shape index (κ3) is 4.59. The first kappa shape index (κ1) is 19.2. The van der Waals surface area contributed by atoms with Crippen LogP contribution in [0.3, 0.4) is 0 Å². The van der Waals surface area contributed by atoms with E-state index in [-0.39, 0.29) is 36.9 Å². The maximum Gasteiger partial charge on any atom is 0.410 e. The van der Waals surface area contributed by atoms with Gasteiger partial charge in [-0.3, -0.25) is 14.5 Å². The number of carbonyl (C=O) groups excluding carboxylic acids is 3. The number of hydrogen-bond acceptors (Lipinski definition) is 4. The second-order valence-corrected chi connectivity index (χ2v) is 7.45. The predicted molar refractivity (Wildman–Crippen MR) is 100.0 cm³/mol. The van der Waals surface area contributed by atoms with Crippen LogP contribution in [0.4, 0.5) is 4.79 Å². The van der Waals surface area contributed by atoms with Gasteiger partial charge in [0.05, 0.1) is 12.6 Å². The van der Waals surface area contributed by atoms with Crippen LogP contribution < -0.4 is 0 Å². The van der Waals surface area contributed by atoms with E-state index in [1.165, 1.54) is 10.5 Å². The zero-order valence-electron chi connectivity index (χ0n) is 16.0. The highest BCUT2D eigenvalue weighted by atomic mass is 16.6. The minimum absolute atomic E-state index is 0.0288. The van der Waals surface area contributed by atoms with Crippen LogP contribution >= 0.6 is 0 Å². The molecule has 0 aromatic heterocycles. The summed E-state index contributed by atoms with van der Waals surface area (Å²) in [5.74, 6) is -0.0359. The minimum atomic E-state index is -0.449. The Morgan fingerprint density at radius 2 is 1.93 bits per heavy atom. The van der Waals surface area contributed by atoms with Gasteiger partial charge in [-0.1, -0.05) is 44.2 Å². The van der Waals surface area contributed by atoms with Crippen LogP contribution in [0.25, 0.3) is 0 Å². The highest BCUT2D eigenvalue weighted by Crippen LogP contribution is 2.19. The fourth-order valence-corrected chi connectivity index (χ4v) is 3.51. The van der Waals surface area contributed by atoms with Gasteiger partial charge in [-0.25, -0.2) is 4.79 Å². The third-order valence-electron chi connectivity index (χ3n) is 5.27. The van der Waals surface area contributed by atoms with Crippen LogP contribution in [0.15, 0.2) is 30.3 Å². The van der Waals surface area contributed by atoms with E-state index in [1.807, 2.05) is 44.2 Å². The third-order valence-corrected chi connectivity index (χ3v) is 5.27. The minimum Gasteiger partial charge on any atom is -0.447 e. The fraction of sp³-hybridized carbons (Fsp3) is 0.550. The molecule has 27 heavy (non-hydrogen) atoms. The Kier molecular flexibility index (Phi) is 5.98. The van der Waals surface area contributed by atoms with Crippen LogP contribution in [-0.4, -0.2) is 78.0 Å². The van der Waals surface area contributed by atoms with E-state index in [0.29, 0.717) is 26.2 Å². The molecule has 0 unspecified atom stereocenters. The van der Waals surface area contributed by atoms with Crippen molar-refractivity contribution in [2.45, 2.75) is 26.3 Å². The van der Waals surface area contributed by atoms with Crippen molar-refractivity contribution in [2.24, 2.45) is 5.92 Å². The van der Waals surface area contributed by atoms with Gasteiger partial charge in [0.25, 0.3) is 0 Å². The average molecular weight is 373 g/mol. The van der Waals surface area contributed by atoms with Crippen molar-refractivity contribution in [3.05, 3.63) is 35.9 Å². The monoisotopic (exact) mass is 373 g/mol. The summed E-state index contributed by atoms with van der Waals surface area (Å²) in [6, 6.07) is 9.95. The largest absolute Gasteiger partial charge is 0.447 e. The van der Waals surface area contributed by atoms with E-state index in [9.17, 15) is 14.4 Å². The first-order valence-corrected chi connectivity index (χ1v) is 9.48. The van der Waals surface area contributed by atoms with Crippen LogP contribution in [0, 0.1) is 5.92 Å². The molecular formula is C20H27N3O4. The lowest BCUT2D eigenvalue weighted by atomic mass is 10.0. The zero-order valence-corrected chi connectivity index (χ0v) is 16.0. The summed E-state index contributed by atoms with van der Waals surface area (Å²) in [5, 5.41) is 0. The number of ether oxygens (including phenoxy) is 1. The standard InChI is InChI=1S/C20H27N3O4/c1-15(2)17-14-27-20(26)23(17)13-19(25)22-11-10-21(18(24)12-22)9-8-16-6-4-3-5-7-16/h3-7,15,17H,8-14H2,1-2H3/t17-/m1/s1. The maximum absolute atomic E-state index is 12.6. The Hall–Kier alpha value is -2.57. The van der Waals surface area contributed by atoms with E-state index in [0.717, 1.165) is 6.42 Å². The van der Waals surface area contributed by atoms with Crippen molar-refractivity contribution in [1.82, 2.24) is 14.7 Å². The molecule has 0 aliphatic carbocycles. The number of hydrogen-bond donors (Lipinski definition) is 0. The molecule has 1 atom stereocenters. The zero-order chi connectivity index (χ0) is 19.4. The van der Waals surface area contributed by atoms with Crippen molar-refractivity contribution in [3.63, 3.8) is 0 Å². The van der Waals surface area contributed by atoms with Crippen LogP contribution in [0.5, 0.6) is 0 Å². The second kappa shape index (κ2) is 8.41. The highest BCUT2D eigenvalue weighted by Gasteiger charge is 2.37. The molecule has 1 aromatic rings. The van der Waals surface area contributed by atoms with E-state index in [2.05, 4.69) is 0 Å². The van der Waals surface area contributed by atoms with Crippen LogP contribution in [0.1, 0.15) is 19.4 Å². The van der Waals surface area contributed by atoms with Gasteiger partial charge in [0.15, 0.2) is 0 Å². The Morgan fingerprint density at radius 3 is 2.59 bits per heavy atom. The number of cyclic esters (lactones) is 1.